The second-order valence-electron chi connectivity index (χ2n) is 5.67. The first-order valence-electron chi connectivity index (χ1n) is 7.89. The van der Waals surface area contributed by atoms with E-state index >= 15 is 0 Å². The number of amides is 1. The molecule has 0 spiro atoms. The van der Waals surface area contributed by atoms with Gasteiger partial charge in [0.2, 0.25) is 0 Å². The van der Waals surface area contributed by atoms with Crippen molar-refractivity contribution in [1.82, 2.24) is 9.88 Å². The summed E-state index contributed by atoms with van der Waals surface area (Å²) in [7, 11) is 5.66. The number of methoxy groups -OCH3 is 1. The number of aromatic nitrogens is 1. The SMILES string of the molecule is COc1ccccc1NC(=O)c1ccnc(NCCCN(C)C)c1. The molecule has 0 radical (unpaired) electrons. The number of carbonyl (C=O) groups is 1. The highest BCUT2D eigenvalue weighted by atomic mass is 16.5. The highest BCUT2D eigenvalue weighted by Gasteiger charge is 2.10. The van der Waals surface area contributed by atoms with E-state index in [1.807, 2.05) is 26.2 Å². The molecule has 128 valence electrons. The number of pyridine rings is 1. The fourth-order valence-electron chi connectivity index (χ4n) is 2.22. The molecule has 1 aromatic carbocycles. The number of ether oxygens (including phenoxy) is 1. The Labute approximate surface area is 142 Å². The van der Waals surface area contributed by atoms with E-state index in [1.165, 1.54) is 0 Å². The van der Waals surface area contributed by atoms with Crippen LogP contribution in [0.25, 0.3) is 0 Å². The molecule has 0 fully saturated rings. The number of nitrogens with zero attached hydrogens (tertiary/aromatic N) is 2. The Hall–Kier alpha value is -2.60. The van der Waals surface area contributed by atoms with Gasteiger partial charge in [0, 0.05) is 18.3 Å². The summed E-state index contributed by atoms with van der Waals surface area (Å²) in [5, 5.41) is 6.10. The highest BCUT2D eigenvalue weighted by Crippen LogP contribution is 2.23. The number of hydrogen-bond donors (Lipinski definition) is 2. The zero-order valence-electron chi connectivity index (χ0n) is 14.4. The number of anilines is 2. The number of benzene rings is 1. The fraction of sp³-hybridized carbons (Fsp3) is 0.333. The largest absolute Gasteiger partial charge is 0.495 e. The Morgan fingerprint density at radius 2 is 2.04 bits per heavy atom. The standard InChI is InChI=1S/C18H24N4O2/c1-22(2)12-6-10-19-17-13-14(9-11-20-17)18(23)21-15-7-4-5-8-16(15)24-3/h4-5,7-9,11,13H,6,10,12H2,1-3H3,(H,19,20)(H,21,23). The van der Waals surface area contributed by atoms with Gasteiger partial charge in [0.15, 0.2) is 0 Å². The van der Waals surface area contributed by atoms with Gasteiger partial charge >= 0.3 is 0 Å². The number of para-hydroxylation sites is 2. The third kappa shape index (κ3) is 5.24. The number of nitrogens with one attached hydrogen (secondary N) is 2. The van der Waals surface area contributed by atoms with Crippen LogP contribution in [-0.2, 0) is 0 Å². The van der Waals surface area contributed by atoms with E-state index in [1.54, 1.807) is 37.6 Å². The van der Waals surface area contributed by atoms with Crippen molar-refractivity contribution in [2.45, 2.75) is 6.42 Å². The van der Waals surface area contributed by atoms with Crippen LogP contribution in [0.2, 0.25) is 0 Å². The fourth-order valence-corrected chi connectivity index (χ4v) is 2.22. The Morgan fingerprint density at radius 3 is 2.79 bits per heavy atom. The first kappa shape index (κ1) is 17.7. The molecule has 1 heterocycles. The summed E-state index contributed by atoms with van der Waals surface area (Å²) in [5.74, 6) is 1.13. The van der Waals surface area contributed by atoms with Gasteiger partial charge in [0.1, 0.15) is 11.6 Å². The summed E-state index contributed by atoms with van der Waals surface area (Å²) in [6.45, 7) is 1.81. The quantitative estimate of drug-likeness (QED) is 0.729. The topological polar surface area (TPSA) is 66.5 Å². The molecular formula is C18H24N4O2. The first-order valence-corrected chi connectivity index (χ1v) is 7.89. The van der Waals surface area contributed by atoms with Gasteiger partial charge in [-0.3, -0.25) is 4.79 Å². The average Bonchev–Trinajstić information content (AvgIpc) is 2.59. The lowest BCUT2D eigenvalue weighted by atomic mass is 10.2. The molecule has 2 aromatic rings. The van der Waals surface area contributed by atoms with Gasteiger partial charge in [-0.15, -0.1) is 0 Å². The van der Waals surface area contributed by atoms with Crippen molar-refractivity contribution in [2.24, 2.45) is 0 Å². The van der Waals surface area contributed by atoms with Crippen molar-refractivity contribution >= 4 is 17.4 Å². The van der Waals surface area contributed by atoms with Crippen LogP contribution in [0.3, 0.4) is 0 Å². The molecule has 0 saturated heterocycles. The molecule has 1 aromatic heterocycles. The number of carbonyl (C=O) groups excluding carboxylic acids is 1. The maximum absolute atomic E-state index is 12.4. The molecule has 0 unspecified atom stereocenters. The van der Waals surface area contributed by atoms with E-state index in [4.69, 9.17) is 4.74 Å². The van der Waals surface area contributed by atoms with E-state index in [0.717, 1.165) is 19.5 Å². The molecule has 0 aliphatic carbocycles. The van der Waals surface area contributed by atoms with Crippen molar-refractivity contribution in [1.29, 1.82) is 0 Å². The van der Waals surface area contributed by atoms with E-state index in [0.29, 0.717) is 22.8 Å². The van der Waals surface area contributed by atoms with Crippen LogP contribution >= 0.6 is 0 Å². The number of rotatable bonds is 8. The summed E-state index contributed by atoms with van der Waals surface area (Å²) in [6, 6.07) is 10.8. The average molecular weight is 328 g/mol. The molecule has 0 saturated carbocycles. The minimum absolute atomic E-state index is 0.196. The van der Waals surface area contributed by atoms with Crippen LogP contribution in [0.1, 0.15) is 16.8 Å². The zero-order chi connectivity index (χ0) is 17.4. The zero-order valence-corrected chi connectivity index (χ0v) is 14.4. The third-order valence-corrected chi connectivity index (χ3v) is 3.47. The smallest absolute Gasteiger partial charge is 0.255 e. The maximum atomic E-state index is 12.4. The van der Waals surface area contributed by atoms with Gasteiger partial charge in [-0.2, -0.15) is 0 Å². The molecule has 0 bridgehead atoms. The van der Waals surface area contributed by atoms with Gasteiger partial charge in [-0.05, 0) is 51.3 Å². The third-order valence-electron chi connectivity index (χ3n) is 3.47. The van der Waals surface area contributed by atoms with Crippen LogP contribution in [0.15, 0.2) is 42.6 Å². The molecule has 24 heavy (non-hydrogen) atoms. The predicted molar refractivity (Wildman–Crippen MR) is 96.8 cm³/mol. The predicted octanol–water partition coefficient (Wildman–Crippen LogP) is 2.71. The van der Waals surface area contributed by atoms with Crippen LogP contribution in [0, 0.1) is 0 Å². The second-order valence-corrected chi connectivity index (χ2v) is 5.67. The van der Waals surface area contributed by atoms with E-state index in [-0.39, 0.29) is 5.91 Å². The minimum Gasteiger partial charge on any atom is -0.495 e. The van der Waals surface area contributed by atoms with Gasteiger partial charge in [0.25, 0.3) is 5.91 Å². The lowest BCUT2D eigenvalue weighted by Crippen LogP contribution is -2.17. The minimum atomic E-state index is -0.196. The molecule has 2 rings (SSSR count). The summed E-state index contributed by atoms with van der Waals surface area (Å²) < 4.78 is 5.25. The Kier molecular flexibility index (Phi) is 6.57. The normalized spacial score (nSPS) is 10.5. The van der Waals surface area contributed by atoms with Crippen LogP contribution < -0.4 is 15.4 Å². The van der Waals surface area contributed by atoms with Crippen molar-refractivity contribution in [3.63, 3.8) is 0 Å². The molecular weight excluding hydrogens is 304 g/mol. The van der Waals surface area contributed by atoms with Gasteiger partial charge in [-0.1, -0.05) is 12.1 Å². The van der Waals surface area contributed by atoms with E-state index in [9.17, 15) is 4.79 Å². The monoisotopic (exact) mass is 328 g/mol. The summed E-state index contributed by atoms with van der Waals surface area (Å²) in [4.78, 5) is 18.8. The molecule has 1 amide bonds. The second kappa shape index (κ2) is 8.88. The van der Waals surface area contributed by atoms with Crippen molar-refractivity contribution in [3.05, 3.63) is 48.2 Å². The molecule has 0 aliphatic heterocycles. The lowest BCUT2D eigenvalue weighted by Gasteiger charge is -2.12. The summed E-state index contributed by atoms with van der Waals surface area (Å²) >= 11 is 0. The summed E-state index contributed by atoms with van der Waals surface area (Å²) in [5.41, 5.74) is 1.19. The highest BCUT2D eigenvalue weighted by molar-refractivity contribution is 6.05. The molecule has 6 heteroatoms. The van der Waals surface area contributed by atoms with Crippen molar-refractivity contribution in [2.75, 3.05) is 44.9 Å². The van der Waals surface area contributed by atoms with Crippen molar-refractivity contribution in [3.8, 4) is 5.75 Å². The summed E-state index contributed by atoms with van der Waals surface area (Å²) in [6.07, 6.45) is 2.64. The van der Waals surface area contributed by atoms with Gasteiger partial charge < -0.3 is 20.3 Å². The maximum Gasteiger partial charge on any atom is 0.255 e. The molecule has 6 nitrogen and oxygen atoms in total. The Balaban J connectivity index is 1.98. The van der Waals surface area contributed by atoms with Gasteiger partial charge in [0.05, 0.1) is 12.8 Å². The van der Waals surface area contributed by atoms with Crippen LogP contribution in [0.5, 0.6) is 5.75 Å². The van der Waals surface area contributed by atoms with E-state index < -0.39 is 0 Å². The van der Waals surface area contributed by atoms with Crippen LogP contribution in [-0.4, -0.2) is 50.1 Å². The molecule has 0 atom stereocenters. The molecule has 2 N–H and O–H groups in total. The number of hydrogen-bond acceptors (Lipinski definition) is 5. The molecule has 0 aliphatic rings. The Bertz CT molecular complexity index is 674. The van der Waals surface area contributed by atoms with E-state index in [2.05, 4.69) is 20.5 Å². The van der Waals surface area contributed by atoms with Gasteiger partial charge in [-0.25, -0.2) is 4.98 Å². The first-order chi connectivity index (χ1) is 11.6. The Morgan fingerprint density at radius 1 is 1.25 bits per heavy atom. The van der Waals surface area contributed by atoms with Crippen LogP contribution in [0.4, 0.5) is 11.5 Å². The van der Waals surface area contributed by atoms with Crippen molar-refractivity contribution < 1.29 is 9.53 Å². The lowest BCUT2D eigenvalue weighted by molar-refractivity contribution is 0.102.